The minimum absolute atomic E-state index is 0.168. The summed E-state index contributed by atoms with van der Waals surface area (Å²) in [6, 6.07) is 8.30. The van der Waals surface area contributed by atoms with E-state index in [1.54, 1.807) is 7.11 Å². The van der Waals surface area contributed by atoms with Crippen molar-refractivity contribution in [2.24, 2.45) is 0 Å². The van der Waals surface area contributed by atoms with Gasteiger partial charge >= 0.3 is 0 Å². The molecule has 3 atom stereocenters. The second kappa shape index (κ2) is 9.48. The largest absolute Gasteiger partial charge is 0.496 e. The molecule has 1 aliphatic rings. The molecule has 0 N–H and O–H groups in total. The number of benzene rings is 1. The molecule has 0 radical (unpaired) electrons. The van der Waals surface area contributed by atoms with Crippen LogP contribution in [0, 0.1) is 0 Å². The Morgan fingerprint density at radius 3 is 2.66 bits per heavy atom. The molecule has 2 aromatic rings. The van der Waals surface area contributed by atoms with Gasteiger partial charge < -0.3 is 9.64 Å². The van der Waals surface area contributed by atoms with Crippen LogP contribution in [0.25, 0.3) is 11.4 Å². The summed E-state index contributed by atoms with van der Waals surface area (Å²) in [7, 11) is 1.64. The summed E-state index contributed by atoms with van der Waals surface area (Å²) in [5.41, 5.74) is 0.869. The maximum absolute atomic E-state index is 13.2. The fraction of sp³-hybridized carbons (Fsp3) is 0.500. The van der Waals surface area contributed by atoms with Crippen LogP contribution in [0.5, 0.6) is 5.75 Å². The fourth-order valence-corrected chi connectivity index (χ4v) is 4.89. The molecular weight excluding hydrogens is 384 g/mol. The number of hydrogen-bond acceptors (Lipinski definition) is 5. The molecule has 1 aliphatic heterocycles. The normalized spacial score (nSPS) is 20.3. The monoisotopic (exact) mass is 414 g/mol. The highest BCUT2D eigenvalue weighted by molar-refractivity contribution is 8.00. The molecule has 0 bridgehead atoms. The van der Waals surface area contributed by atoms with Crippen LogP contribution in [-0.4, -0.2) is 50.0 Å². The van der Waals surface area contributed by atoms with Crippen molar-refractivity contribution in [1.29, 1.82) is 0 Å². The zero-order chi connectivity index (χ0) is 21.0. The van der Waals surface area contributed by atoms with Crippen molar-refractivity contribution in [3.8, 4) is 17.1 Å². The van der Waals surface area contributed by atoms with E-state index in [4.69, 9.17) is 4.74 Å². The Bertz CT molecular complexity index is 856. The van der Waals surface area contributed by atoms with Crippen LogP contribution in [0.3, 0.4) is 0 Å². The van der Waals surface area contributed by atoms with Gasteiger partial charge in [0.05, 0.1) is 17.9 Å². The van der Waals surface area contributed by atoms with Crippen LogP contribution in [0.4, 0.5) is 0 Å². The van der Waals surface area contributed by atoms with E-state index in [-0.39, 0.29) is 23.2 Å². The van der Waals surface area contributed by atoms with E-state index >= 15 is 0 Å². The fourth-order valence-electron chi connectivity index (χ4n) is 3.97. The van der Waals surface area contributed by atoms with Gasteiger partial charge in [-0.3, -0.25) is 9.36 Å². The van der Waals surface area contributed by atoms with E-state index in [9.17, 15) is 4.79 Å². The van der Waals surface area contributed by atoms with Gasteiger partial charge in [0.15, 0.2) is 11.0 Å². The highest BCUT2D eigenvalue weighted by atomic mass is 32.2. The Morgan fingerprint density at radius 1 is 1.31 bits per heavy atom. The van der Waals surface area contributed by atoms with Gasteiger partial charge in [0.1, 0.15) is 5.75 Å². The standard InChI is InChI=1S/C22H30N4O2S/c1-6-14-25-20(18-12-7-8-13-19(18)28-5)23-24-22(25)29-17(4)21(27)26-15(2)10-9-11-16(26)3/h6-8,12-13,15-17H,1,9-11,14H2,2-5H3/t15-,16+,17-/m1/s1. The minimum atomic E-state index is -0.240. The molecule has 1 aromatic carbocycles. The summed E-state index contributed by atoms with van der Waals surface area (Å²) in [6.07, 6.45) is 5.13. The lowest BCUT2D eigenvalue weighted by Gasteiger charge is -2.40. The van der Waals surface area contributed by atoms with Crippen LogP contribution in [-0.2, 0) is 11.3 Å². The molecule has 1 amide bonds. The maximum atomic E-state index is 13.2. The van der Waals surface area contributed by atoms with Crippen molar-refractivity contribution < 1.29 is 9.53 Å². The predicted octanol–water partition coefficient (Wildman–Crippen LogP) is 4.41. The number of piperidine rings is 1. The van der Waals surface area contributed by atoms with Gasteiger partial charge in [0.25, 0.3) is 0 Å². The summed E-state index contributed by atoms with van der Waals surface area (Å²) in [6.45, 7) is 10.7. The molecular formula is C22H30N4O2S. The molecule has 1 aromatic heterocycles. The van der Waals surface area contributed by atoms with Crippen molar-refractivity contribution in [3.63, 3.8) is 0 Å². The quantitative estimate of drug-likeness (QED) is 0.496. The van der Waals surface area contributed by atoms with E-state index in [2.05, 4.69) is 35.5 Å². The number of carbonyl (C=O) groups excluding carboxylic acids is 1. The molecule has 0 saturated carbocycles. The average molecular weight is 415 g/mol. The SMILES string of the molecule is C=CCn1c(S[C@H](C)C(=O)N2[C@H](C)CCC[C@@H]2C)nnc1-c1ccccc1OC. The predicted molar refractivity (Wildman–Crippen MR) is 117 cm³/mol. The topological polar surface area (TPSA) is 60.2 Å². The van der Waals surface area contributed by atoms with Gasteiger partial charge in [0, 0.05) is 18.6 Å². The van der Waals surface area contributed by atoms with Crippen molar-refractivity contribution in [2.75, 3.05) is 7.11 Å². The lowest BCUT2D eigenvalue weighted by molar-refractivity contribution is -0.136. The molecule has 1 fully saturated rings. The third kappa shape index (κ3) is 4.50. The number of para-hydroxylation sites is 1. The van der Waals surface area contributed by atoms with Crippen LogP contribution in [0.1, 0.15) is 40.0 Å². The molecule has 7 heteroatoms. The minimum Gasteiger partial charge on any atom is -0.496 e. The van der Waals surface area contributed by atoms with Crippen molar-refractivity contribution in [3.05, 3.63) is 36.9 Å². The Kier molecular flexibility index (Phi) is 7.00. The first-order valence-electron chi connectivity index (χ1n) is 10.1. The molecule has 1 saturated heterocycles. The number of nitrogens with zero attached hydrogens (tertiary/aromatic N) is 4. The first-order chi connectivity index (χ1) is 14.0. The Morgan fingerprint density at radius 2 is 2.00 bits per heavy atom. The summed E-state index contributed by atoms with van der Waals surface area (Å²) < 4.78 is 7.48. The molecule has 0 unspecified atom stereocenters. The lowest BCUT2D eigenvalue weighted by Crippen LogP contribution is -2.50. The summed E-state index contributed by atoms with van der Waals surface area (Å²) in [4.78, 5) is 15.2. The van der Waals surface area contributed by atoms with Crippen molar-refractivity contribution in [1.82, 2.24) is 19.7 Å². The van der Waals surface area contributed by atoms with Gasteiger partial charge in [-0.2, -0.15) is 0 Å². The third-order valence-electron chi connectivity index (χ3n) is 5.45. The number of ether oxygens (including phenoxy) is 1. The number of carbonyl (C=O) groups is 1. The average Bonchev–Trinajstić information content (AvgIpc) is 3.10. The number of likely N-dealkylation sites (tertiary alicyclic amines) is 1. The first kappa shape index (κ1) is 21.4. The van der Waals surface area contributed by atoms with Crippen LogP contribution in [0.15, 0.2) is 42.1 Å². The second-order valence-corrected chi connectivity index (χ2v) is 8.85. The molecule has 3 rings (SSSR count). The molecule has 0 aliphatic carbocycles. The smallest absolute Gasteiger partial charge is 0.236 e. The van der Waals surface area contributed by atoms with Crippen LogP contribution < -0.4 is 4.74 Å². The molecule has 2 heterocycles. The Labute approximate surface area is 177 Å². The third-order valence-corrected chi connectivity index (χ3v) is 6.52. The Hall–Kier alpha value is -2.28. The number of rotatable bonds is 7. The van der Waals surface area contributed by atoms with E-state index in [0.29, 0.717) is 17.5 Å². The number of hydrogen-bond donors (Lipinski definition) is 0. The van der Waals surface area contributed by atoms with Crippen molar-refractivity contribution in [2.45, 2.75) is 69.1 Å². The maximum Gasteiger partial charge on any atom is 0.236 e. The highest BCUT2D eigenvalue weighted by Crippen LogP contribution is 2.33. The Balaban J connectivity index is 1.86. The molecule has 156 valence electrons. The molecule has 0 spiro atoms. The zero-order valence-corrected chi connectivity index (χ0v) is 18.5. The molecule has 6 nitrogen and oxygen atoms in total. The summed E-state index contributed by atoms with van der Waals surface area (Å²) >= 11 is 1.45. The zero-order valence-electron chi connectivity index (χ0n) is 17.7. The van der Waals surface area contributed by atoms with E-state index < -0.39 is 0 Å². The number of allylic oxidation sites excluding steroid dienone is 1. The number of thioether (sulfide) groups is 1. The number of amides is 1. The van der Waals surface area contributed by atoms with Gasteiger partial charge in [-0.05, 0) is 52.2 Å². The lowest BCUT2D eigenvalue weighted by atomic mass is 9.97. The van der Waals surface area contributed by atoms with Gasteiger partial charge in [0.2, 0.25) is 5.91 Å². The highest BCUT2D eigenvalue weighted by Gasteiger charge is 2.33. The van der Waals surface area contributed by atoms with Crippen LogP contribution in [0.2, 0.25) is 0 Å². The van der Waals surface area contributed by atoms with Crippen molar-refractivity contribution >= 4 is 17.7 Å². The number of methoxy groups -OCH3 is 1. The van der Waals surface area contributed by atoms with Crippen LogP contribution >= 0.6 is 11.8 Å². The number of aromatic nitrogens is 3. The second-order valence-electron chi connectivity index (χ2n) is 7.54. The van der Waals surface area contributed by atoms with Gasteiger partial charge in [-0.15, -0.1) is 16.8 Å². The molecule has 29 heavy (non-hydrogen) atoms. The van der Waals surface area contributed by atoms with E-state index in [1.165, 1.54) is 18.2 Å². The van der Waals surface area contributed by atoms with E-state index in [0.717, 1.165) is 24.2 Å². The van der Waals surface area contributed by atoms with Gasteiger partial charge in [-0.1, -0.05) is 30.0 Å². The summed E-state index contributed by atoms with van der Waals surface area (Å²) in [5, 5.41) is 9.27. The van der Waals surface area contributed by atoms with Gasteiger partial charge in [-0.25, -0.2) is 0 Å². The summed E-state index contributed by atoms with van der Waals surface area (Å²) in [5.74, 6) is 1.62. The van der Waals surface area contributed by atoms with E-state index in [1.807, 2.05) is 41.8 Å². The first-order valence-corrected chi connectivity index (χ1v) is 11.0.